The predicted molar refractivity (Wildman–Crippen MR) is 137 cm³/mol. The van der Waals surface area contributed by atoms with Crippen molar-refractivity contribution in [2.75, 3.05) is 12.0 Å². The molecule has 0 aromatic heterocycles. The fraction of sp³-hybridized carbons (Fsp3) is 0.0800. The molecule has 0 atom stereocenters. The summed E-state index contributed by atoms with van der Waals surface area (Å²) < 4.78 is 35.9. The van der Waals surface area contributed by atoms with Gasteiger partial charge in [0.15, 0.2) is 11.5 Å². The van der Waals surface area contributed by atoms with E-state index >= 15 is 0 Å². The first-order chi connectivity index (χ1) is 17.5. The summed E-state index contributed by atoms with van der Waals surface area (Å²) in [5, 5.41) is 2.44. The summed E-state index contributed by atoms with van der Waals surface area (Å²) in [4.78, 5) is 38.7. The quantitative estimate of drug-likeness (QED) is 0.262. The van der Waals surface area contributed by atoms with Gasteiger partial charge in [0.05, 0.1) is 22.8 Å². The van der Waals surface area contributed by atoms with Crippen LogP contribution in [0.3, 0.4) is 0 Å². The summed E-state index contributed by atoms with van der Waals surface area (Å²) in [6, 6.07) is 13.4. The van der Waals surface area contributed by atoms with Gasteiger partial charge in [0, 0.05) is 0 Å². The van der Waals surface area contributed by atoms with Gasteiger partial charge >= 0.3 is 16.1 Å². The number of rotatable bonds is 6. The van der Waals surface area contributed by atoms with E-state index in [2.05, 4.69) is 5.32 Å². The highest BCUT2D eigenvalue weighted by atomic mass is 35.5. The first-order valence-electron chi connectivity index (χ1n) is 10.6. The molecule has 1 saturated heterocycles. The molecule has 0 radical (unpaired) electrons. The zero-order valence-electron chi connectivity index (χ0n) is 19.3. The fourth-order valence-corrected chi connectivity index (χ4v) is 4.63. The number of benzene rings is 3. The molecule has 3 aromatic carbocycles. The number of urea groups is 1. The zero-order chi connectivity index (χ0) is 26.9. The molecule has 12 heteroatoms. The molecular weight excluding hydrogens is 543 g/mol. The van der Waals surface area contributed by atoms with E-state index in [4.69, 9.17) is 32.1 Å². The summed E-state index contributed by atoms with van der Waals surface area (Å²) in [5.41, 5.74) is 0.945. The zero-order valence-corrected chi connectivity index (χ0v) is 21.6. The number of halogens is 2. The minimum absolute atomic E-state index is 0.0334. The lowest BCUT2D eigenvalue weighted by Gasteiger charge is -2.26. The van der Waals surface area contributed by atoms with Crippen molar-refractivity contribution < 1.29 is 31.7 Å². The molecule has 4 rings (SSSR count). The highest BCUT2D eigenvalue weighted by Gasteiger charge is 2.37. The number of imide groups is 2. The Bertz CT molecular complexity index is 1570. The number of hydrogen-bond donors (Lipinski definition) is 1. The van der Waals surface area contributed by atoms with E-state index in [0.717, 1.165) is 10.5 Å². The van der Waals surface area contributed by atoms with Crippen LogP contribution in [0.2, 0.25) is 10.0 Å². The average Bonchev–Trinajstić information content (AvgIpc) is 2.84. The molecule has 1 heterocycles. The molecule has 1 N–H and O–H groups in total. The highest BCUT2D eigenvalue weighted by molar-refractivity contribution is 7.87. The summed E-state index contributed by atoms with van der Waals surface area (Å²) in [5.74, 6) is -1.87. The number of hydrogen-bond acceptors (Lipinski definition) is 7. The molecule has 9 nitrogen and oxygen atoms in total. The van der Waals surface area contributed by atoms with Crippen molar-refractivity contribution in [3.8, 4) is 11.5 Å². The molecule has 190 valence electrons. The Hall–Kier alpha value is -3.86. The third-order valence-electron chi connectivity index (χ3n) is 5.27. The lowest BCUT2D eigenvalue weighted by Crippen LogP contribution is -2.54. The molecule has 37 heavy (non-hydrogen) atoms. The Morgan fingerprint density at radius 1 is 0.892 bits per heavy atom. The van der Waals surface area contributed by atoms with E-state index in [1.807, 2.05) is 6.92 Å². The second-order valence-corrected chi connectivity index (χ2v) is 10.2. The Balaban J connectivity index is 1.65. The van der Waals surface area contributed by atoms with Gasteiger partial charge < -0.3 is 8.92 Å². The number of amides is 4. The smallest absolute Gasteiger partial charge is 0.339 e. The van der Waals surface area contributed by atoms with Crippen LogP contribution < -0.4 is 19.1 Å². The van der Waals surface area contributed by atoms with Crippen molar-refractivity contribution in [3.63, 3.8) is 0 Å². The lowest BCUT2D eigenvalue weighted by atomic mass is 10.1. The second-order valence-electron chi connectivity index (χ2n) is 7.82. The molecule has 1 aliphatic rings. The molecule has 4 amide bonds. The third-order valence-corrected chi connectivity index (χ3v) is 7.26. The van der Waals surface area contributed by atoms with E-state index in [1.165, 1.54) is 61.7 Å². The third kappa shape index (κ3) is 5.46. The summed E-state index contributed by atoms with van der Waals surface area (Å²) >= 11 is 11.9. The Morgan fingerprint density at radius 2 is 1.59 bits per heavy atom. The van der Waals surface area contributed by atoms with Crippen LogP contribution in [0.25, 0.3) is 6.08 Å². The van der Waals surface area contributed by atoms with Crippen LogP contribution in [0.15, 0.2) is 71.1 Å². The number of nitrogens with one attached hydrogen (secondary N) is 1. The number of carbonyl (C=O) groups excluding carboxylic acids is 3. The maximum Gasteiger partial charge on any atom is 0.339 e. The molecule has 0 spiro atoms. The van der Waals surface area contributed by atoms with Crippen LogP contribution in [0.4, 0.5) is 10.5 Å². The Morgan fingerprint density at radius 3 is 2.24 bits per heavy atom. The van der Waals surface area contributed by atoms with Crippen LogP contribution in [-0.4, -0.2) is 33.4 Å². The molecule has 3 aromatic rings. The van der Waals surface area contributed by atoms with Crippen molar-refractivity contribution in [3.05, 3.63) is 87.4 Å². The number of barbiturate groups is 1. The van der Waals surface area contributed by atoms with Crippen molar-refractivity contribution in [1.82, 2.24) is 5.32 Å². The number of anilines is 1. The van der Waals surface area contributed by atoms with Gasteiger partial charge in [0.25, 0.3) is 11.8 Å². The average molecular weight is 561 g/mol. The van der Waals surface area contributed by atoms with Crippen molar-refractivity contribution in [1.29, 1.82) is 0 Å². The molecule has 1 fully saturated rings. The lowest BCUT2D eigenvalue weighted by molar-refractivity contribution is -0.122. The van der Waals surface area contributed by atoms with Crippen LogP contribution in [0, 0.1) is 6.92 Å². The van der Waals surface area contributed by atoms with E-state index in [9.17, 15) is 22.8 Å². The maximum atomic E-state index is 13.1. The SMILES string of the molecule is COc1cc(/C=C2\C(=O)NC(=O)N(c3ccc(Cl)c(Cl)c3)C2=O)ccc1OS(=O)(=O)c1ccc(C)cc1. The summed E-state index contributed by atoms with van der Waals surface area (Å²) in [6.07, 6.45) is 1.23. The number of nitrogens with zero attached hydrogens (tertiary/aromatic N) is 1. The minimum atomic E-state index is -4.15. The van der Waals surface area contributed by atoms with Gasteiger partial charge in [0.2, 0.25) is 0 Å². The van der Waals surface area contributed by atoms with Gasteiger partial charge in [-0.05, 0) is 61.0 Å². The summed E-state index contributed by atoms with van der Waals surface area (Å²) in [7, 11) is -2.84. The van der Waals surface area contributed by atoms with Crippen molar-refractivity contribution in [2.24, 2.45) is 0 Å². The Kier molecular flexibility index (Phi) is 7.26. The normalized spacial score (nSPS) is 15.1. The van der Waals surface area contributed by atoms with Gasteiger partial charge in [0.1, 0.15) is 10.5 Å². The first-order valence-corrected chi connectivity index (χ1v) is 12.7. The fourth-order valence-electron chi connectivity index (χ4n) is 3.40. The molecule has 1 aliphatic heterocycles. The second kappa shape index (κ2) is 10.3. The van der Waals surface area contributed by atoms with Crippen LogP contribution in [0.5, 0.6) is 11.5 Å². The first kappa shape index (κ1) is 26.2. The predicted octanol–water partition coefficient (Wildman–Crippen LogP) is 4.74. The van der Waals surface area contributed by atoms with Crippen molar-refractivity contribution >= 4 is 62.9 Å². The molecule has 0 unspecified atom stereocenters. The maximum absolute atomic E-state index is 13.1. The molecule has 0 aliphatic carbocycles. The van der Waals surface area contributed by atoms with Crippen LogP contribution in [0.1, 0.15) is 11.1 Å². The molecular formula is C25H18Cl2N2O7S. The van der Waals surface area contributed by atoms with E-state index in [-0.39, 0.29) is 37.7 Å². The standard InChI is InChI=1S/C25H18Cl2N2O7S/c1-14-3-7-17(8-4-14)37(33,34)36-21-10-5-15(12-22(21)35-2)11-18-23(30)28-25(32)29(24(18)31)16-6-9-19(26)20(27)13-16/h3-13H,1-2H3,(H,28,30,32)/b18-11+. The monoisotopic (exact) mass is 560 g/mol. The number of aryl methyl sites for hydroxylation is 1. The van der Waals surface area contributed by atoms with Crippen LogP contribution >= 0.6 is 23.2 Å². The van der Waals surface area contributed by atoms with Gasteiger partial charge in [-0.3, -0.25) is 14.9 Å². The van der Waals surface area contributed by atoms with Gasteiger partial charge in [-0.1, -0.05) is 47.0 Å². The largest absolute Gasteiger partial charge is 0.493 e. The Labute approximate surface area is 222 Å². The number of methoxy groups -OCH3 is 1. The highest BCUT2D eigenvalue weighted by Crippen LogP contribution is 2.33. The van der Waals surface area contributed by atoms with Gasteiger partial charge in [-0.25, -0.2) is 9.69 Å². The molecule has 0 bridgehead atoms. The van der Waals surface area contributed by atoms with Gasteiger partial charge in [-0.15, -0.1) is 0 Å². The van der Waals surface area contributed by atoms with Gasteiger partial charge in [-0.2, -0.15) is 8.42 Å². The minimum Gasteiger partial charge on any atom is -0.493 e. The van der Waals surface area contributed by atoms with E-state index < -0.39 is 28.0 Å². The summed E-state index contributed by atoms with van der Waals surface area (Å²) in [6.45, 7) is 1.82. The number of carbonyl (C=O) groups is 3. The van der Waals surface area contributed by atoms with E-state index in [1.54, 1.807) is 12.1 Å². The van der Waals surface area contributed by atoms with E-state index in [0.29, 0.717) is 5.56 Å². The van der Waals surface area contributed by atoms with Crippen molar-refractivity contribution in [2.45, 2.75) is 11.8 Å². The van der Waals surface area contributed by atoms with Crippen LogP contribution in [-0.2, 0) is 19.7 Å². The molecule has 0 saturated carbocycles. The topological polar surface area (TPSA) is 119 Å². The number of ether oxygens (including phenoxy) is 1.